The SMILES string of the molecule is C/C=C(\C)N(C)c1ccccc1.C=CCN(C/C=C\C=C/C)C1=CC=CCN1C. The molecule has 1 heterocycles. The number of benzene rings is 1. The minimum absolute atomic E-state index is 0.865. The molecule has 0 aliphatic carbocycles. The van der Waals surface area contributed by atoms with Gasteiger partial charge in [-0.2, -0.15) is 0 Å². The van der Waals surface area contributed by atoms with Crippen LogP contribution in [0.2, 0.25) is 0 Å². The lowest BCUT2D eigenvalue weighted by Crippen LogP contribution is -2.34. The van der Waals surface area contributed by atoms with Gasteiger partial charge in [-0.15, -0.1) is 6.58 Å². The van der Waals surface area contributed by atoms with Gasteiger partial charge in [-0.25, -0.2) is 0 Å². The number of para-hydroxylation sites is 1. The average Bonchev–Trinajstić information content (AvgIpc) is 2.76. The van der Waals surface area contributed by atoms with E-state index in [2.05, 4.69) is 110 Å². The van der Waals surface area contributed by atoms with Crippen molar-refractivity contribution in [3.8, 4) is 0 Å². The molecule has 0 saturated carbocycles. The van der Waals surface area contributed by atoms with E-state index < -0.39 is 0 Å². The summed E-state index contributed by atoms with van der Waals surface area (Å²) in [5.41, 5.74) is 2.49. The molecule has 1 aliphatic heterocycles. The van der Waals surface area contributed by atoms with Crippen molar-refractivity contribution in [2.45, 2.75) is 20.8 Å². The number of rotatable bonds is 8. The van der Waals surface area contributed by atoms with E-state index in [1.54, 1.807) is 0 Å². The van der Waals surface area contributed by atoms with Gasteiger partial charge in [0.1, 0.15) is 5.82 Å². The van der Waals surface area contributed by atoms with Crippen molar-refractivity contribution < 1.29 is 0 Å². The third-order valence-corrected chi connectivity index (χ3v) is 4.68. The minimum atomic E-state index is 0.865. The molecule has 1 aromatic rings. The molecule has 0 aromatic heterocycles. The number of hydrogen-bond donors (Lipinski definition) is 0. The molecule has 156 valence electrons. The monoisotopic (exact) mass is 391 g/mol. The zero-order valence-electron chi connectivity index (χ0n) is 18.8. The van der Waals surface area contributed by atoms with Gasteiger partial charge < -0.3 is 14.7 Å². The first-order valence-corrected chi connectivity index (χ1v) is 10.2. The summed E-state index contributed by atoms with van der Waals surface area (Å²) in [5, 5.41) is 0. The lowest BCUT2D eigenvalue weighted by atomic mass is 10.3. The predicted molar refractivity (Wildman–Crippen MR) is 130 cm³/mol. The lowest BCUT2D eigenvalue weighted by molar-refractivity contribution is 0.280. The van der Waals surface area contributed by atoms with E-state index >= 15 is 0 Å². The highest BCUT2D eigenvalue weighted by molar-refractivity contribution is 5.50. The Morgan fingerprint density at radius 2 is 1.86 bits per heavy atom. The number of anilines is 1. The van der Waals surface area contributed by atoms with Crippen LogP contribution in [0.1, 0.15) is 20.8 Å². The molecule has 2 rings (SSSR count). The van der Waals surface area contributed by atoms with Crippen molar-refractivity contribution in [1.82, 2.24) is 9.80 Å². The summed E-state index contributed by atoms with van der Waals surface area (Å²) in [6.07, 6.45) is 18.8. The quantitative estimate of drug-likeness (QED) is 0.398. The van der Waals surface area contributed by atoms with Crippen LogP contribution in [0.3, 0.4) is 0 Å². The van der Waals surface area contributed by atoms with Crippen LogP contribution in [0, 0.1) is 0 Å². The van der Waals surface area contributed by atoms with Gasteiger partial charge in [-0.05, 0) is 39.0 Å². The molecule has 0 bridgehead atoms. The summed E-state index contributed by atoms with van der Waals surface area (Å²) < 4.78 is 0. The summed E-state index contributed by atoms with van der Waals surface area (Å²) in [7, 11) is 4.19. The van der Waals surface area contributed by atoms with Crippen LogP contribution < -0.4 is 4.90 Å². The Morgan fingerprint density at radius 1 is 1.14 bits per heavy atom. The smallest absolute Gasteiger partial charge is 0.104 e. The standard InChI is InChI=1S/C15H22N2.C11H15N/c1-4-6-7-9-14-17(12-5-2)15-11-8-10-13-16(15)3;1-4-10(2)12(3)11-8-6-5-7-9-11/h4-11H,2,12-14H2,1,3H3;4-9H,1-3H3/b6-4-,9-7-;10-4+. The summed E-state index contributed by atoms with van der Waals surface area (Å²) >= 11 is 0. The Bertz CT molecular complexity index is 738. The largest absolute Gasteiger partial charge is 0.358 e. The van der Waals surface area contributed by atoms with Crippen LogP contribution in [0.4, 0.5) is 5.69 Å². The highest BCUT2D eigenvalue weighted by atomic mass is 15.3. The van der Waals surface area contributed by atoms with Crippen molar-refractivity contribution in [3.63, 3.8) is 0 Å². The third-order valence-electron chi connectivity index (χ3n) is 4.68. The molecule has 1 aromatic carbocycles. The molecule has 3 heteroatoms. The molecule has 0 amide bonds. The van der Waals surface area contributed by atoms with Crippen molar-refractivity contribution in [2.75, 3.05) is 38.6 Å². The lowest BCUT2D eigenvalue weighted by Gasteiger charge is -2.33. The van der Waals surface area contributed by atoms with Gasteiger partial charge in [0, 0.05) is 45.1 Å². The van der Waals surface area contributed by atoms with Crippen molar-refractivity contribution >= 4 is 5.69 Å². The Labute approximate surface area is 178 Å². The van der Waals surface area contributed by atoms with Gasteiger partial charge in [0.15, 0.2) is 0 Å². The fraction of sp³-hybridized carbons (Fsp3) is 0.308. The van der Waals surface area contributed by atoms with Gasteiger partial charge in [-0.1, -0.05) is 66.8 Å². The molecule has 0 fully saturated rings. The molecule has 0 unspecified atom stereocenters. The Balaban J connectivity index is 0.000000308. The van der Waals surface area contributed by atoms with E-state index in [1.807, 2.05) is 31.2 Å². The highest BCUT2D eigenvalue weighted by Gasteiger charge is 2.11. The molecule has 3 nitrogen and oxygen atoms in total. The van der Waals surface area contributed by atoms with E-state index in [-0.39, 0.29) is 0 Å². The maximum Gasteiger partial charge on any atom is 0.104 e. The molecule has 29 heavy (non-hydrogen) atoms. The van der Waals surface area contributed by atoms with Gasteiger partial charge in [0.05, 0.1) is 0 Å². The molecule has 1 aliphatic rings. The molecule has 0 saturated heterocycles. The Hall–Kier alpha value is -2.94. The highest BCUT2D eigenvalue weighted by Crippen LogP contribution is 2.15. The Morgan fingerprint density at radius 3 is 2.45 bits per heavy atom. The fourth-order valence-corrected chi connectivity index (χ4v) is 2.78. The zero-order valence-corrected chi connectivity index (χ0v) is 18.8. The van der Waals surface area contributed by atoms with Crippen molar-refractivity contribution in [3.05, 3.63) is 103 Å². The minimum Gasteiger partial charge on any atom is -0.358 e. The summed E-state index contributed by atoms with van der Waals surface area (Å²) in [5.74, 6) is 1.25. The normalized spacial score (nSPS) is 13.9. The molecule has 0 spiro atoms. The topological polar surface area (TPSA) is 9.72 Å². The van der Waals surface area contributed by atoms with Crippen LogP contribution in [-0.2, 0) is 0 Å². The van der Waals surface area contributed by atoms with E-state index in [0.717, 1.165) is 19.6 Å². The number of nitrogens with zero attached hydrogens (tertiary/aromatic N) is 3. The van der Waals surface area contributed by atoms with Crippen LogP contribution in [0.5, 0.6) is 0 Å². The van der Waals surface area contributed by atoms with Crippen LogP contribution >= 0.6 is 0 Å². The molecular weight excluding hydrogens is 354 g/mol. The van der Waals surface area contributed by atoms with Gasteiger partial charge in [0.25, 0.3) is 0 Å². The maximum absolute atomic E-state index is 3.82. The number of allylic oxidation sites excluding steroid dienone is 7. The van der Waals surface area contributed by atoms with Gasteiger partial charge in [-0.3, -0.25) is 0 Å². The summed E-state index contributed by atoms with van der Waals surface area (Å²) in [6, 6.07) is 10.3. The van der Waals surface area contributed by atoms with Gasteiger partial charge >= 0.3 is 0 Å². The van der Waals surface area contributed by atoms with Crippen LogP contribution in [0.15, 0.2) is 103 Å². The summed E-state index contributed by atoms with van der Waals surface area (Å²) in [4.78, 5) is 6.71. The Kier molecular flexibility index (Phi) is 11.7. The average molecular weight is 392 g/mol. The molecule has 0 N–H and O–H groups in total. The van der Waals surface area contributed by atoms with Crippen molar-refractivity contribution in [1.29, 1.82) is 0 Å². The van der Waals surface area contributed by atoms with E-state index in [0.29, 0.717) is 0 Å². The number of likely N-dealkylation sites (N-methyl/N-ethyl adjacent to an activating group) is 1. The second-order valence-corrected chi connectivity index (χ2v) is 6.81. The fourth-order valence-electron chi connectivity index (χ4n) is 2.78. The van der Waals surface area contributed by atoms with E-state index in [4.69, 9.17) is 0 Å². The second kappa shape index (κ2) is 14.1. The van der Waals surface area contributed by atoms with Crippen molar-refractivity contribution in [2.24, 2.45) is 0 Å². The molecule has 0 atom stereocenters. The maximum atomic E-state index is 3.82. The molecule has 0 radical (unpaired) electrons. The van der Waals surface area contributed by atoms with E-state index in [1.165, 1.54) is 17.2 Å². The summed E-state index contributed by atoms with van der Waals surface area (Å²) in [6.45, 7) is 12.7. The number of hydrogen-bond acceptors (Lipinski definition) is 3. The second-order valence-electron chi connectivity index (χ2n) is 6.81. The van der Waals surface area contributed by atoms with Crippen LogP contribution in [0.25, 0.3) is 0 Å². The zero-order chi connectivity index (χ0) is 21.5. The van der Waals surface area contributed by atoms with E-state index in [9.17, 15) is 0 Å². The first-order valence-electron chi connectivity index (χ1n) is 10.2. The predicted octanol–water partition coefficient (Wildman–Crippen LogP) is 6.00. The third kappa shape index (κ3) is 8.73. The first-order chi connectivity index (χ1) is 14.0. The van der Waals surface area contributed by atoms with Crippen LogP contribution in [-0.4, -0.2) is 43.5 Å². The first kappa shape index (κ1) is 24.1. The molecular formula is C26H37N3. The van der Waals surface area contributed by atoms with Gasteiger partial charge in [0.2, 0.25) is 0 Å².